The van der Waals surface area contributed by atoms with E-state index in [9.17, 15) is 0 Å². The van der Waals surface area contributed by atoms with Crippen LogP contribution in [0, 0.1) is 6.92 Å². The molecule has 4 aromatic rings. The van der Waals surface area contributed by atoms with Crippen LogP contribution in [-0.2, 0) is 11.3 Å². The van der Waals surface area contributed by atoms with E-state index in [1.807, 2.05) is 36.0 Å². The zero-order valence-electron chi connectivity index (χ0n) is 18.1. The number of hydrogen-bond donors (Lipinski definition) is 2. The fourth-order valence-corrected chi connectivity index (χ4v) is 4.11. The molecular weight excluding hydrogens is 412 g/mol. The molecule has 0 aliphatic carbocycles. The first-order valence-electron chi connectivity index (χ1n) is 10.5. The van der Waals surface area contributed by atoms with Crippen molar-refractivity contribution in [3.05, 3.63) is 42.2 Å². The first-order valence-corrected chi connectivity index (χ1v) is 11.3. The van der Waals surface area contributed by atoms with E-state index in [1.165, 1.54) is 11.5 Å². The first-order chi connectivity index (χ1) is 15.2. The van der Waals surface area contributed by atoms with Gasteiger partial charge in [-0.2, -0.15) is 9.47 Å². The number of imidazole rings is 1. The van der Waals surface area contributed by atoms with Crippen LogP contribution in [0.2, 0.25) is 0 Å². The van der Waals surface area contributed by atoms with Crippen LogP contribution in [0.3, 0.4) is 0 Å². The summed E-state index contributed by atoms with van der Waals surface area (Å²) < 4.78 is 12.3. The summed E-state index contributed by atoms with van der Waals surface area (Å²) in [7, 11) is 0. The van der Waals surface area contributed by atoms with E-state index in [4.69, 9.17) is 4.74 Å². The van der Waals surface area contributed by atoms with Crippen LogP contribution in [0.1, 0.15) is 31.7 Å². The molecule has 31 heavy (non-hydrogen) atoms. The minimum absolute atomic E-state index is 0.515. The van der Waals surface area contributed by atoms with Crippen molar-refractivity contribution in [2.75, 3.05) is 31.6 Å². The maximum absolute atomic E-state index is 5.81. The molecule has 10 heteroatoms. The van der Waals surface area contributed by atoms with Crippen molar-refractivity contribution < 1.29 is 4.74 Å². The topological polar surface area (TPSA) is 96.3 Å². The maximum Gasteiger partial charge on any atom is 0.180 e. The molecule has 4 heterocycles. The molecule has 0 atom stereocenters. The summed E-state index contributed by atoms with van der Waals surface area (Å²) >= 11 is 1.40. The molecule has 0 saturated carbocycles. The first kappa shape index (κ1) is 21.4. The summed E-state index contributed by atoms with van der Waals surface area (Å²) in [6, 6.07) is 2.01. The minimum Gasteiger partial charge on any atom is -0.375 e. The number of nitrogens with one attached hydrogen (secondary N) is 2. The Bertz CT molecular complexity index is 1100. The van der Waals surface area contributed by atoms with Crippen LogP contribution in [0.4, 0.5) is 10.8 Å². The lowest BCUT2D eigenvalue weighted by Crippen LogP contribution is -2.24. The Kier molecular flexibility index (Phi) is 6.90. The molecule has 4 rings (SSSR count). The zero-order chi connectivity index (χ0) is 21.6. The fraction of sp³-hybridized carbons (Fsp3) is 0.429. The number of rotatable bonds is 11. The number of anilines is 2. The molecule has 0 aromatic carbocycles. The molecular formula is C21H28N8OS. The summed E-state index contributed by atoms with van der Waals surface area (Å²) in [6.07, 6.45) is 8.46. The van der Waals surface area contributed by atoms with Gasteiger partial charge < -0.3 is 15.0 Å². The molecule has 0 aliphatic heterocycles. The smallest absolute Gasteiger partial charge is 0.180 e. The van der Waals surface area contributed by atoms with Crippen LogP contribution in [0.5, 0.6) is 0 Å². The highest BCUT2D eigenvalue weighted by atomic mass is 32.1. The molecule has 9 nitrogen and oxygen atoms in total. The van der Waals surface area contributed by atoms with E-state index in [0.29, 0.717) is 12.4 Å². The quantitative estimate of drug-likeness (QED) is 0.342. The van der Waals surface area contributed by atoms with Gasteiger partial charge in [0.2, 0.25) is 0 Å². The summed E-state index contributed by atoms with van der Waals surface area (Å²) in [5, 5.41) is 11.2. The molecule has 0 amide bonds. The number of nitrogens with zero attached hydrogens (tertiary/aromatic N) is 6. The van der Waals surface area contributed by atoms with Crippen LogP contribution >= 0.6 is 11.5 Å². The summed E-state index contributed by atoms with van der Waals surface area (Å²) in [4.78, 5) is 11.6. The molecule has 4 aromatic heterocycles. The van der Waals surface area contributed by atoms with E-state index in [1.54, 1.807) is 6.20 Å². The lowest BCUT2D eigenvalue weighted by atomic mass is 10.3. The molecule has 0 unspecified atom stereocenters. The molecule has 0 radical (unpaired) electrons. The molecule has 0 fully saturated rings. The predicted octanol–water partition coefficient (Wildman–Crippen LogP) is 3.88. The maximum atomic E-state index is 5.81. The van der Waals surface area contributed by atoms with E-state index in [-0.39, 0.29) is 0 Å². The molecule has 0 saturated heterocycles. The number of H-pyrrole nitrogens is 1. The SMILES string of the molecule is CCN(CC)CCCOCc1cc(Nc2nc(C)cn3c(-c4cn[nH]c4)cnc23)sn1. The number of aromatic amines is 1. The lowest BCUT2D eigenvalue weighted by Gasteiger charge is -2.17. The average Bonchev–Trinajstić information content (AvgIpc) is 3.51. The third kappa shape index (κ3) is 5.09. The van der Waals surface area contributed by atoms with Crippen LogP contribution in [0.25, 0.3) is 16.9 Å². The Morgan fingerprint density at radius 3 is 2.90 bits per heavy atom. The van der Waals surface area contributed by atoms with Crippen LogP contribution < -0.4 is 5.32 Å². The van der Waals surface area contributed by atoms with Gasteiger partial charge in [0.1, 0.15) is 5.00 Å². The Labute approximate surface area is 185 Å². The van der Waals surface area contributed by atoms with E-state index >= 15 is 0 Å². The second kappa shape index (κ2) is 9.99. The third-order valence-corrected chi connectivity index (χ3v) is 5.86. The highest BCUT2D eigenvalue weighted by Crippen LogP contribution is 2.27. The summed E-state index contributed by atoms with van der Waals surface area (Å²) in [6.45, 7) is 10.8. The van der Waals surface area contributed by atoms with Gasteiger partial charge in [0.15, 0.2) is 11.5 Å². The number of aromatic nitrogens is 6. The molecule has 2 N–H and O–H groups in total. The van der Waals surface area contributed by atoms with E-state index in [0.717, 1.165) is 66.0 Å². The standard InChI is InChI=1S/C21H28N8OS/c1-4-28(5-2)7-6-8-30-14-17-9-19(31-27-17)26-20-21-22-12-18(16-10-23-24-11-16)29(21)13-15(3)25-20/h9-13H,4-8,14H2,1-3H3,(H,23,24)(H,25,26). The van der Waals surface area contributed by atoms with Crippen molar-refractivity contribution >= 4 is 28.0 Å². The van der Waals surface area contributed by atoms with Crippen molar-refractivity contribution in [3.8, 4) is 11.3 Å². The molecule has 0 bridgehead atoms. The van der Waals surface area contributed by atoms with Gasteiger partial charge in [-0.15, -0.1) is 0 Å². The second-order valence-corrected chi connectivity index (χ2v) is 8.10. The highest BCUT2D eigenvalue weighted by molar-refractivity contribution is 7.10. The van der Waals surface area contributed by atoms with Gasteiger partial charge in [0.05, 0.1) is 36.1 Å². The van der Waals surface area contributed by atoms with Gasteiger partial charge >= 0.3 is 0 Å². The van der Waals surface area contributed by atoms with Crippen molar-refractivity contribution in [2.24, 2.45) is 0 Å². The minimum atomic E-state index is 0.515. The molecule has 164 valence electrons. The number of ether oxygens (including phenoxy) is 1. The highest BCUT2D eigenvalue weighted by Gasteiger charge is 2.13. The monoisotopic (exact) mass is 440 g/mol. The van der Waals surface area contributed by atoms with E-state index in [2.05, 4.69) is 48.6 Å². The molecule has 0 aliphatic rings. The Morgan fingerprint density at radius 2 is 2.13 bits per heavy atom. The normalized spacial score (nSPS) is 11.6. The Balaban J connectivity index is 1.39. The number of fused-ring (bicyclic) bond motifs is 1. The lowest BCUT2D eigenvalue weighted by molar-refractivity contribution is 0.108. The number of hydrogen-bond acceptors (Lipinski definition) is 8. The second-order valence-electron chi connectivity index (χ2n) is 7.30. The van der Waals surface area contributed by atoms with Crippen molar-refractivity contribution in [3.63, 3.8) is 0 Å². The predicted molar refractivity (Wildman–Crippen MR) is 123 cm³/mol. The van der Waals surface area contributed by atoms with Gasteiger partial charge in [-0.05, 0) is 44.0 Å². The van der Waals surface area contributed by atoms with Crippen LogP contribution in [0.15, 0.2) is 30.9 Å². The van der Waals surface area contributed by atoms with Crippen molar-refractivity contribution in [1.82, 2.24) is 33.8 Å². The van der Waals surface area contributed by atoms with Gasteiger partial charge in [-0.25, -0.2) is 9.97 Å². The van der Waals surface area contributed by atoms with Gasteiger partial charge in [0.25, 0.3) is 0 Å². The van der Waals surface area contributed by atoms with Crippen LogP contribution in [-0.4, -0.2) is 60.1 Å². The largest absolute Gasteiger partial charge is 0.375 e. The average molecular weight is 441 g/mol. The fourth-order valence-electron chi connectivity index (χ4n) is 3.46. The van der Waals surface area contributed by atoms with Gasteiger partial charge in [-0.3, -0.25) is 9.50 Å². The summed E-state index contributed by atoms with van der Waals surface area (Å²) in [5.41, 5.74) is 4.49. The van der Waals surface area contributed by atoms with Gasteiger partial charge in [0, 0.05) is 31.1 Å². The Hall–Kier alpha value is -2.82. The van der Waals surface area contributed by atoms with E-state index < -0.39 is 0 Å². The van der Waals surface area contributed by atoms with Crippen molar-refractivity contribution in [1.29, 1.82) is 0 Å². The summed E-state index contributed by atoms with van der Waals surface area (Å²) in [5.74, 6) is 0.699. The number of aryl methyl sites for hydroxylation is 1. The van der Waals surface area contributed by atoms with Crippen molar-refractivity contribution in [2.45, 2.75) is 33.8 Å². The third-order valence-electron chi connectivity index (χ3n) is 5.11. The molecule has 0 spiro atoms. The van der Waals surface area contributed by atoms with Gasteiger partial charge in [-0.1, -0.05) is 13.8 Å². The Morgan fingerprint density at radius 1 is 1.26 bits per heavy atom. The zero-order valence-corrected chi connectivity index (χ0v) is 18.9.